The van der Waals surface area contributed by atoms with Crippen LogP contribution in [0.3, 0.4) is 0 Å². The molecule has 1 fully saturated rings. The number of halogens is 3. The third kappa shape index (κ3) is 6.22. The lowest BCUT2D eigenvalue weighted by Gasteiger charge is -2.33. The van der Waals surface area contributed by atoms with Gasteiger partial charge < -0.3 is 9.47 Å². The summed E-state index contributed by atoms with van der Waals surface area (Å²) in [6, 6.07) is 6.35. The van der Waals surface area contributed by atoms with Crippen LogP contribution in [0.4, 0.5) is 19.1 Å². The highest BCUT2D eigenvalue weighted by molar-refractivity contribution is 7.89. The molecule has 0 radical (unpaired) electrons. The molecular formula is C22H27F3N6O5S. The van der Waals surface area contributed by atoms with Crippen LogP contribution in [-0.2, 0) is 10.0 Å². The number of hydrogen-bond donors (Lipinski definition) is 3. The van der Waals surface area contributed by atoms with Crippen molar-refractivity contribution in [1.82, 2.24) is 24.9 Å². The number of para-hydroxylation sites is 1. The maximum atomic E-state index is 12.4. The summed E-state index contributed by atoms with van der Waals surface area (Å²) >= 11 is 0. The summed E-state index contributed by atoms with van der Waals surface area (Å²) in [6.07, 6.45) is -4.58. The third-order valence-electron chi connectivity index (χ3n) is 6.19. The maximum absolute atomic E-state index is 12.4. The van der Waals surface area contributed by atoms with Gasteiger partial charge in [0.25, 0.3) is 5.95 Å². The molecule has 3 aromatic rings. The number of anilines is 1. The van der Waals surface area contributed by atoms with Crippen LogP contribution in [0, 0.1) is 0 Å². The van der Waals surface area contributed by atoms with Crippen LogP contribution in [0.1, 0.15) is 32.1 Å². The molecule has 15 heteroatoms. The quantitative estimate of drug-likeness (QED) is 0.345. The van der Waals surface area contributed by atoms with Crippen molar-refractivity contribution in [3.05, 3.63) is 24.3 Å². The summed E-state index contributed by atoms with van der Waals surface area (Å²) in [5.74, 6) is -0.276. The largest absolute Gasteiger partial charge is 0.496 e. The van der Waals surface area contributed by atoms with Crippen molar-refractivity contribution in [2.24, 2.45) is 0 Å². The number of H-pyrrole nitrogens is 1. The third-order valence-corrected chi connectivity index (χ3v) is 7.62. The fraction of sp³-hybridized carbons (Fsp3) is 0.500. The predicted octanol–water partition coefficient (Wildman–Crippen LogP) is 3.42. The number of nitrogens with one attached hydrogen (secondary N) is 2. The number of hydrogen-bond acceptors (Lipinski definition) is 9. The van der Waals surface area contributed by atoms with E-state index in [0.29, 0.717) is 42.5 Å². The van der Waals surface area contributed by atoms with E-state index in [2.05, 4.69) is 24.9 Å². The minimum Gasteiger partial charge on any atom is -0.496 e. The number of ether oxygens (including phenoxy) is 2. The molecule has 2 aromatic heterocycles. The first-order valence-electron chi connectivity index (χ1n) is 11.5. The predicted molar refractivity (Wildman–Crippen MR) is 128 cm³/mol. The van der Waals surface area contributed by atoms with Gasteiger partial charge in [-0.05, 0) is 37.8 Å². The average Bonchev–Trinajstić information content (AvgIpc) is 3.30. The van der Waals surface area contributed by atoms with E-state index in [4.69, 9.17) is 9.47 Å². The van der Waals surface area contributed by atoms with E-state index < -0.39 is 40.5 Å². The molecule has 0 atom stereocenters. The van der Waals surface area contributed by atoms with E-state index in [0.717, 1.165) is 10.6 Å². The first kappa shape index (κ1) is 26.9. The summed E-state index contributed by atoms with van der Waals surface area (Å²) in [5, 5.41) is 19.4. The number of aromatic amines is 1. The highest BCUT2D eigenvalue weighted by Crippen LogP contribution is 2.37. The van der Waals surface area contributed by atoms with Crippen molar-refractivity contribution in [3.8, 4) is 22.9 Å². The molecule has 0 bridgehead atoms. The Morgan fingerprint density at radius 1 is 1.14 bits per heavy atom. The highest BCUT2D eigenvalue weighted by atomic mass is 32.2. The number of rotatable bonds is 9. The second kappa shape index (κ2) is 10.7. The lowest BCUT2D eigenvalue weighted by Crippen LogP contribution is -2.44. The van der Waals surface area contributed by atoms with Gasteiger partial charge in [0.2, 0.25) is 15.9 Å². The number of alkyl halides is 3. The molecule has 1 aliphatic rings. The number of nitrogens with zero attached hydrogens (tertiary/aromatic N) is 4. The molecule has 37 heavy (non-hydrogen) atoms. The molecular weight excluding hydrogens is 517 g/mol. The van der Waals surface area contributed by atoms with E-state index in [-0.39, 0.29) is 17.5 Å². The van der Waals surface area contributed by atoms with E-state index in [9.17, 15) is 26.8 Å². The minimum absolute atomic E-state index is 0.0448. The van der Waals surface area contributed by atoms with Gasteiger partial charge in [0.05, 0.1) is 38.1 Å². The van der Waals surface area contributed by atoms with Gasteiger partial charge in [-0.25, -0.2) is 18.2 Å². The van der Waals surface area contributed by atoms with Gasteiger partial charge in [0, 0.05) is 11.6 Å². The second-order valence-electron chi connectivity index (χ2n) is 8.68. The van der Waals surface area contributed by atoms with Crippen molar-refractivity contribution in [3.63, 3.8) is 0 Å². The Bertz CT molecular complexity index is 1340. The van der Waals surface area contributed by atoms with Gasteiger partial charge in [-0.15, -0.1) is 0 Å². The van der Waals surface area contributed by atoms with E-state index in [1.165, 1.54) is 7.11 Å². The van der Waals surface area contributed by atoms with E-state index in [1.54, 1.807) is 13.2 Å². The van der Waals surface area contributed by atoms with Gasteiger partial charge in [-0.1, -0.05) is 12.1 Å². The van der Waals surface area contributed by atoms with Gasteiger partial charge in [-0.2, -0.15) is 28.2 Å². The number of methoxy groups -OCH3 is 2. The van der Waals surface area contributed by atoms with Gasteiger partial charge in [-0.3, -0.25) is 10.3 Å². The van der Waals surface area contributed by atoms with Gasteiger partial charge in [0.15, 0.2) is 5.65 Å². The second-order valence-corrected chi connectivity index (χ2v) is 10.6. The molecule has 3 N–H and O–H groups in total. The van der Waals surface area contributed by atoms with E-state index >= 15 is 0 Å². The molecule has 0 amide bonds. The Labute approximate surface area is 211 Å². The Morgan fingerprint density at radius 2 is 1.84 bits per heavy atom. The van der Waals surface area contributed by atoms with Crippen molar-refractivity contribution < 1.29 is 36.3 Å². The summed E-state index contributed by atoms with van der Waals surface area (Å²) in [5.41, 5.74) is 1.56. The summed E-state index contributed by atoms with van der Waals surface area (Å²) in [4.78, 5) is 8.73. The Morgan fingerprint density at radius 3 is 2.49 bits per heavy atom. The lowest BCUT2D eigenvalue weighted by molar-refractivity contribution is -0.130. The molecule has 2 heterocycles. The fourth-order valence-corrected chi connectivity index (χ4v) is 5.70. The number of fused-ring (bicyclic) bond motifs is 1. The highest BCUT2D eigenvalue weighted by Gasteiger charge is 2.33. The summed E-state index contributed by atoms with van der Waals surface area (Å²) in [7, 11) is -1.09. The molecule has 4 rings (SSSR count). The SMILES string of the molecule is COc1ccccc1-c1[nH]nc2nc(N(O)C3CCC(NS(=O)(=O)CCC(F)(F)F)CC3)nc(OC)c12. The van der Waals surface area contributed by atoms with Crippen LogP contribution in [0.2, 0.25) is 0 Å². The molecule has 0 spiro atoms. The first-order chi connectivity index (χ1) is 17.5. The van der Waals surface area contributed by atoms with Crippen LogP contribution < -0.4 is 19.3 Å². The topological polar surface area (TPSA) is 143 Å². The van der Waals surface area contributed by atoms with Crippen LogP contribution in [-0.4, -0.2) is 72.0 Å². The van der Waals surface area contributed by atoms with Crippen LogP contribution in [0.5, 0.6) is 11.6 Å². The minimum atomic E-state index is -4.55. The molecule has 11 nitrogen and oxygen atoms in total. The molecule has 1 saturated carbocycles. The van der Waals surface area contributed by atoms with E-state index in [1.807, 2.05) is 18.2 Å². The van der Waals surface area contributed by atoms with Crippen LogP contribution in [0.15, 0.2) is 24.3 Å². The number of sulfonamides is 1. The van der Waals surface area contributed by atoms with Crippen molar-refractivity contribution in [2.45, 2.75) is 50.4 Å². The van der Waals surface area contributed by atoms with Gasteiger partial charge >= 0.3 is 6.18 Å². The van der Waals surface area contributed by atoms with Crippen molar-refractivity contribution in [2.75, 3.05) is 25.0 Å². The van der Waals surface area contributed by atoms with Crippen molar-refractivity contribution >= 4 is 27.0 Å². The van der Waals surface area contributed by atoms with Crippen LogP contribution in [0.25, 0.3) is 22.3 Å². The number of aromatic nitrogens is 4. The lowest BCUT2D eigenvalue weighted by atomic mass is 9.92. The molecule has 202 valence electrons. The summed E-state index contributed by atoms with van der Waals surface area (Å²) < 4.78 is 74.4. The maximum Gasteiger partial charge on any atom is 0.390 e. The Kier molecular flexibility index (Phi) is 7.75. The zero-order valence-electron chi connectivity index (χ0n) is 20.1. The monoisotopic (exact) mass is 544 g/mol. The molecule has 1 aliphatic carbocycles. The zero-order chi connectivity index (χ0) is 26.8. The zero-order valence-corrected chi connectivity index (χ0v) is 20.9. The Balaban J connectivity index is 1.48. The molecule has 0 unspecified atom stereocenters. The fourth-order valence-electron chi connectivity index (χ4n) is 4.34. The normalized spacial score (nSPS) is 18.6. The van der Waals surface area contributed by atoms with Crippen molar-refractivity contribution in [1.29, 1.82) is 0 Å². The number of benzene rings is 1. The Hall–Kier alpha value is -3.17. The standard InChI is InChI=1S/C22H27F3N6O5S/c1-35-16-6-4-3-5-15(16)18-17-19(29-28-18)26-21(27-20(17)36-2)31(32)14-9-7-13(8-10-14)30-37(33,34)12-11-22(23,24)25/h3-6,13-14,30,32H,7-12H2,1-2H3,(H,26,27,28,29). The summed E-state index contributed by atoms with van der Waals surface area (Å²) in [6.45, 7) is 0. The van der Waals surface area contributed by atoms with Gasteiger partial charge in [0.1, 0.15) is 11.1 Å². The number of hydroxylamine groups is 1. The molecule has 0 aliphatic heterocycles. The smallest absolute Gasteiger partial charge is 0.390 e. The molecule has 1 aromatic carbocycles. The van der Waals surface area contributed by atoms with Crippen LogP contribution >= 0.6 is 0 Å². The first-order valence-corrected chi connectivity index (χ1v) is 13.1. The molecule has 0 saturated heterocycles. The average molecular weight is 545 g/mol.